The number of rotatable bonds is 7. The van der Waals surface area contributed by atoms with Crippen LogP contribution in [-0.2, 0) is 11.3 Å². The van der Waals surface area contributed by atoms with Crippen LogP contribution in [0.25, 0.3) is 0 Å². The van der Waals surface area contributed by atoms with Gasteiger partial charge in [-0.05, 0) is 18.2 Å². The lowest BCUT2D eigenvalue weighted by atomic mass is 10.1. The first kappa shape index (κ1) is 16.8. The van der Waals surface area contributed by atoms with Crippen molar-refractivity contribution in [1.82, 2.24) is 10.6 Å². The average molecular weight is 298 g/mol. The van der Waals surface area contributed by atoms with Crippen molar-refractivity contribution in [3.8, 4) is 0 Å². The summed E-state index contributed by atoms with van der Waals surface area (Å²) >= 11 is 6.33. The van der Waals surface area contributed by atoms with Crippen molar-refractivity contribution in [3.63, 3.8) is 0 Å². The van der Waals surface area contributed by atoms with E-state index in [1.807, 2.05) is 26.1 Å². The van der Waals surface area contributed by atoms with Crippen LogP contribution in [0.3, 0.4) is 0 Å². The van der Waals surface area contributed by atoms with Gasteiger partial charge in [0.05, 0.1) is 16.6 Å². The fourth-order valence-electron chi connectivity index (χ4n) is 2.22. The molecule has 0 aromatic heterocycles. The second-order valence-electron chi connectivity index (χ2n) is 4.92. The van der Waals surface area contributed by atoms with Gasteiger partial charge in [-0.3, -0.25) is 4.79 Å². The third kappa shape index (κ3) is 4.39. The lowest BCUT2D eigenvalue weighted by Crippen LogP contribution is -2.35. The molecule has 5 heteroatoms. The Bertz CT molecular complexity index is 451. The summed E-state index contributed by atoms with van der Waals surface area (Å²) < 4.78 is 0. The zero-order chi connectivity index (χ0) is 15.1. The highest BCUT2D eigenvalue weighted by Crippen LogP contribution is 2.29. The number of hydrogen-bond donors (Lipinski definition) is 2. The van der Waals surface area contributed by atoms with E-state index in [-0.39, 0.29) is 11.8 Å². The molecule has 0 saturated heterocycles. The molecule has 112 valence electrons. The second kappa shape index (κ2) is 8.12. The van der Waals surface area contributed by atoms with E-state index in [0.29, 0.717) is 11.6 Å². The molecule has 1 aromatic carbocycles. The molecule has 20 heavy (non-hydrogen) atoms. The predicted molar refractivity (Wildman–Crippen MR) is 85.3 cm³/mol. The number of amides is 1. The Labute approximate surface area is 126 Å². The normalized spacial score (nSPS) is 12.1. The van der Waals surface area contributed by atoms with Gasteiger partial charge in [0.1, 0.15) is 0 Å². The number of benzene rings is 1. The molecule has 0 aliphatic heterocycles. The summed E-state index contributed by atoms with van der Waals surface area (Å²) in [6, 6.07) is 5.90. The van der Waals surface area contributed by atoms with E-state index in [9.17, 15) is 4.79 Å². The van der Waals surface area contributed by atoms with E-state index in [0.717, 1.165) is 24.3 Å². The van der Waals surface area contributed by atoms with E-state index in [1.54, 1.807) is 7.05 Å². The minimum Gasteiger partial charge on any atom is -0.372 e. The van der Waals surface area contributed by atoms with Crippen LogP contribution in [0.2, 0.25) is 5.02 Å². The lowest BCUT2D eigenvalue weighted by Gasteiger charge is -2.26. The van der Waals surface area contributed by atoms with E-state index in [1.165, 1.54) is 0 Å². The first-order chi connectivity index (χ1) is 9.51. The van der Waals surface area contributed by atoms with E-state index >= 15 is 0 Å². The summed E-state index contributed by atoms with van der Waals surface area (Å²) in [6.07, 6.45) is 0. The number of nitrogens with one attached hydrogen (secondary N) is 2. The first-order valence-corrected chi connectivity index (χ1v) is 7.29. The average Bonchev–Trinajstić information content (AvgIpc) is 2.43. The molecule has 0 heterocycles. The maximum atomic E-state index is 11.6. The maximum absolute atomic E-state index is 11.6. The first-order valence-electron chi connectivity index (χ1n) is 6.92. The Morgan fingerprint density at radius 1 is 1.45 bits per heavy atom. The molecule has 0 aliphatic rings. The monoisotopic (exact) mass is 297 g/mol. The number of halogens is 1. The van der Waals surface area contributed by atoms with Crippen molar-refractivity contribution >= 4 is 23.2 Å². The molecule has 1 aromatic rings. The molecule has 1 rings (SSSR count). The summed E-state index contributed by atoms with van der Waals surface area (Å²) in [5, 5.41) is 6.70. The minimum absolute atomic E-state index is 0.0390. The zero-order valence-corrected chi connectivity index (χ0v) is 13.4. The van der Waals surface area contributed by atoms with Gasteiger partial charge in [-0.1, -0.05) is 37.6 Å². The standard InChI is InChI=1S/C15H24ClN3O/c1-5-18-9-12-7-6-8-13(16)14(12)19(4)10-11(2)15(20)17-3/h6-8,11,18H,5,9-10H2,1-4H3,(H,17,20). The topological polar surface area (TPSA) is 44.4 Å². The molecule has 1 amide bonds. The Morgan fingerprint density at radius 3 is 2.75 bits per heavy atom. The molecule has 1 atom stereocenters. The van der Waals surface area contributed by atoms with Crippen molar-refractivity contribution < 1.29 is 4.79 Å². The summed E-state index contributed by atoms with van der Waals surface area (Å²) in [4.78, 5) is 13.7. The summed E-state index contributed by atoms with van der Waals surface area (Å²) in [6.45, 7) is 6.29. The number of hydrogen-bond acceptors (Lipinski definition) is 3. The quantitative estimate of drug-likeness (QED) is 0.811. The number of anilines is 1. The van der Waals surface area contributed by atoms with Gasteiger partial charge in [-0.2, -0.15) is 0 Å². The van der Waals surface area contributed by atoms with E-state index in [2.05, 4.69) is 28.5 Å². The number of carbonyl (C=O) groups is 1. The molecule has 0 fully saturated rings. The SMILES string of the molecule is CCNCc1cccc(Cl)c1N(C)CC(C)C(=O)NC. The lowest BCUT2D eigenvalue weighted by molar-refractivity contribution is -0.123. The van der Waals surface area contributed by atoms with Crippen LogP contribution >= 0.6 is 11.6 Å². The van der Waals surface area contributed by atoms with Crippen LogP contribution in [0.4, 0.5) is 5.69 Å². The Morgan fingerprint density at radius 2 is 2.15 bits per heavy atom. The van der Waals surface area contributed by atoms with Crippen LogP contribution in [0, 0.1) is 5.92 Å². The van der Waals surface area contributed by atoms with Gasteiger partial charge in [0, 0.05) is 27.2 Å². The minimum atomic E-state index is -0.0896. The van der Waals surface area contributed by atoms with Crippen molar-refractivity contribution in [2.75, 3.05) is 32.1 Å². The molecule has 2 N–H and O–H groups in total. The molecule has 0 bridgehead atoms. The highest BCUT2D eigenvalue weighted by molar-refractivity contribution is 6.33. The summed E-state index contributed by atoms with van der Waals surface area (Å²) in [7, 11) is 3.63. The maximum Gasteiger partial charge on any atom is 0.224 e. The van der Waals surface area contributed by atoms with E-state index in [4.69, 9.17) is 11.6 Å². The number of para-hydroxylation sites is 1. The van der Waals surface area contributed by atoms with Crippen LogP contribution in [-0.4, -0.2) is 33.1 Å². The van der Waals surface area contributed by atoms with Crippen molar-refractivity contribution in [1.29, 1.82) is 0 Å². The molecule has 0 aliphatic carbocycles. The Balaban J connectivity index is 2.90. The smallest absolute Gasteiger partial charge is 0.224 e. The van der Waals surface area contributed by atoms with Gasteiger partial charge in [-0.15, -0.1) is 0 Å². The molecule has 1 unspecified atom stereocenters. The third-order valence-electron chi connectivity index (χ3n) is 3.26. The van der Waals surface area contributed by atoms with E-state index < -0.39 is 0 Å². The van der Waals surface area contributed by atoms with Crippen molar-refractivity contribution in [3.05, 3.63) is 28.8 Å². The van der Waals surface area contributed by atoms with Gasteiger partial charge in [-0.25, -0.2) is 0 Å². The highest BCUT2D eigenvalue weighted by atomic mass is 35.5. The summed E-state index contributed by atoms with van der Waals surface area (Å²) in [5.41, 5.74) is 2.14. The van der Waals surface area contributed by atoms with Gasteiger partial charge < -0.3 is 15.5 Å². The predicted octanol–water partition coefficient (Wildman–Crippen LogP) is 2.27. The molecular formula is C15H24ClN3O. The number of nitrogens with zero attached hydrogens (tertiary/aromatic N) is 1. The number of carbonyl (C=O) groups excluding carboxylic acids is 1. The summed E-state index contributed by atoms with van der Waals surface area (Å²) in [5.74, 6) is -0.0506. The Hall–Kier alpha value is -1.26. The van der Waals surface area contributed by atoms with Gasteiger partial charge in [0.15, 0.2) is 0 Å². The fraction of sp³-hybridized carbons (Fsp3) is 0.533. The second-order valence-corrected chi connectivity index (χ2v) is 5.33. The van der Waals surface area contributed by atoms with Crippen LogP contribution in [0.15, 0.2) is 18.2 Å². The van der Waals surface area contributed by atoms with Crippen LogP contribution in [0.5, 0.6) is 0 Å². The molecule has 0 saturated carbocycles. The highest BCUT2D eigenvalue weighted by Gasteiger charge is 2.17. The van der Waals surface area contributed by atoms with Crippen LogP contribution < -0.4 is 15.5 Å². The zero-order valence-electron chi connectivity index (χ0n) is 12.7. The van der Waals surface area contributed by atoms with Crippen LogP contribution in [0.1, 0.15) is 19.4 Å². The van der Waals surface area contributed by atoms with Gasteiger partial charge in [0.2, 0.25) is 5.91 Å². The van der Waals surface area contributed by atoms with Crippen molar-refractivity contribution in [2.24, 2.45) is 5.92 Å². The van der Waals surface area contributed by atoms with Crippen molar-refractivity contribution in [2.45, 2.75) is 20.4 Å². The van der Waals surface area contributed by atoms with Gasteiger partial charge in [0.25, 0.3) is 0 Å². The fourth-order valence-corrected chi connectivity index (χ4v) is 2.56. The Kier molecular flexibility index (Phi) is 6.82. The molecule has 4 nitrogen and oxygen atoms in total. The molecule has 0 radical (unpaired) electrons. The molecule has 0 spiro atoms. The molecular weight excluding hydrogens is 274 g/mol. The third-order valence-corrected chi connectivity index (χ3v) is 3.56. The largest absolute Gasteiger partial charge is 0.372 e. The van der Waals surface area contributed by atoms with Gasteiger partial charge >= 0.3 is 0 Å².